The van der Waals surface area contributed by atoms with Gasteiger partial charge in [0.2, 0.25) is 5.54 Å². The zero-order chi connectivity index (χ0) is 20.0. The number of β-lactam (4-membered cyclic amide) rings is 1. The highest BCUT2D eigenvalue weighted by atomic mass is 32.2. The van der Waals surface area contributed by atoms with Crippen LogP contribution in [0, 0.1) is 0 Å². The average molecular weight is 392 g/mol. The molecular weight excluding hydrogens is 372 g/mol. The first kappa shape index (κ1) is 19.2. The first-order valence-corrected chi connectivity index (χ1v) is 9.22. The lowest BCUT2D eigenvalue weighted by molar-refractivity contribution is -0.172. The molecule has 1 unspecified atom stereocenters. The van der Waals surface area contributed by atoms with Gasteiger partial charge in [0.1, 0.15) is 17.2 Å². The normalized spacial score (nSPS) is 28.1. The number of ether oxygens (including phenoxy) is 1. The molecule has 2 fully saturated rings. The Morgan fingerprint density at radius 3 is 2.44 bits per heavy atom. The zero-order valence-corrected chi connectivity index (χ0v) is 15.9. The molecule has 0 bridgehead atoms. The molecule has 144 valence electrons. The number of ketones is 1. The van der Waals surface area contributed by atoms with Gasteiger partial charge in [0.25, 0.3) is 11.8 Å². The second-order valence-corrected chi connectivity index (χ2v) is 8.78. The molecule has 2 saturated heterocycles. The molecule has 1 aromatic carbocycles. The molecule has 2 amide bonds. The number of hydrogen-bond donors (Lipinski definition) is 2. The van der Waals surface area contributed by atoms with E-state index in [1.165, 1.54) is 23.6 Å². The molecule has 3 atom stereocenters. The van der Waals surface area contributed by atoms with Crippen molar-refractivity contribution in [2.24, 2.45) is 0 Å². The Morgan fingerprint density at radius 2 is 1.89 bits per heavy atom. The summed E-state index contributed by atoms with van der Waals surface area (Å²) < 4.78 is 4.56. The van der Waals surface area contributed by atoms with Crippen LogP contribution in [0.1, 0.15) is 20.8 Å². The van der Waals surface area contributed by atoms with E-state index in [-0.39, 0.29) is 6.61 Å². The van der Waals surface area contributed by atoms with E-state index in [0.717, 1.165) is 0 Å². The van der Waals surface area contributed by atoms with Crippen molar-refractivity contribution < 1.29 is 29.0 Å². The van der Waals surface area contributed by atoms with Gasteiger partial charge in [-0.15, -0.1) is 11.8 Å². The monoisotopic (exact) mass is 392 g/mol. The number of carbonyl (C=O) groups is 4. The molecule has 3 rings (SSSR count). The maximum Gasteiger partial charge on any atom is 0.327 e. The first-order chi connectivity index (χ1) is 12.6. The van der Waals surface area contributed by atoms with Gasteiger partial charge in [-0.25, -0.2) is 4.79 Å². The fraction of sp³-hybridized carbons (Fsp3) is 0.444. The number of benzene rings is 1. The molecule has 0 spiro atoms. The maximum absolute atomic E-state index is 12.8. The highest BCUT2D eigenvalue weighted by Crippen LogP contribution is 2.55. The summed E-state index contributed by atoms with van der Waals surface area (Å²) >= 11 is 1.20. The van der Waals surface area contributed by atoms with Crippen LogP contribution in [0.5, 0.6) is 5.75 Å². The van der Waals surface area contributed by atoms with Gasteiger partial charge in [-0.05, 0) is 32.9 Å². The van der Waals surface area contributed by atoms with E-state index >= 15 is 0 Å². The summed E-state index contributed by atoms with van der Waals surface area (Å²) in [6.07, 6.45) is 0. The molecule has 9 heteroatoms. The highest BCUT2D eigenvalue weighted by Gasteiger charge is 2.74. The lowest BCUT2D eigenvalue weighted by atomic mass is 9.81. The second kappa shape index (κ2) is 6.56. The van der Waals surface area contributed by atoms with E-state index in [9.17, 15) is 24.3 Å². The van der Waals surface area contributed by atoms with E-state index in [0.29, 0.717) is 5.75 Å². The van der Waals surface area contributed by atoms with Crippen LogP contribution < -0.4 is 10.1 Å². The van der Waals surface area contributed by atoms with Crippen LogP contribution in [0.2, 0.25) is 0 Å². The van der Waals surface area contributed by atoms with Gasteiger partial charge in [0, 0.05) is 4.75 Å². The topological polar surface area (TPSA) is 113 Å². The van der Waals surface area contributed by atoms with E-state index in [1.54, 1.807) is 44.2 Å². The Kier molecular flexibility index (Phi) is 4.67. The van der Waals surface area contributed by atoms with Crippen LogP contribution in [0.15, 0.2) is 30.3 Å². The number of fused-ring (bicyclic) bond motifs is 1. The summed E-state index contributed by atoms with van der Waals surface area (Å²) in [4.78, 5) is 50.3. The minimum atomic E-state index is -1.76. The van der Waals surface area contributed by atoms with Gasteiger partial charge in [-0.2, -0.15) is 0 Å². The van der Waals surface area contributed by atoms with Crippen LogP contribution in [0.3, 0.4) is 0 Å². The van der Waals surface area contributed by atoms with Crippen molar-refractivity contribution in [3.8, 4) is 5.75 Å². The quantitative estimate of drug-likeness (QED) is 0.540. The molecule has 2 N–H and O–H groups in total. The average Bonchev–Trinajstić information content (AvgIpc) is 2.87. The summed E-state index contributed by atoms with van der Waals surface area (Å²) in [6, 6.07) is 7.60. The van der Waals surface area contributed by atoms with E-state index in [2.05, 4.69) is 5.32 Å². The lowest BCUT2D eigenvalue weighted by Gasteiger charge is -2.51. The maximum atomic E-state index is 12.8. The summed E-state index contributed by atoms with van der Waals surface area (Å²) in [5.41, 5.74) is -1.76. The van der Waals surface area contributed by atoms with Crippen LogP contribution in [0.25, 0.3) is 0 Å². The van der Waals surface area contributed by atoms with Crippen molar-refractivity contribution in [1.82, 2.24) is 10.2 Å². The third kappa shape index (κ3) is 2.95. The predicted molar refractivity (Wildman–Crippen MR) is 97.2 cm³/mol. The van der Waals surface area contributed by atoms with Crippen molar-refractivity contribution >= 4 is 35.3 Å². The van der Waals surface area contributed by atoms with Crippen molar-refractivity contribution in [2.45, 2.75) is 42.5 Å². The van der Waals surface area contributed by atoms with Gasteiger partial charge in [-0.1, -0.05) is 18.2 Å². The highest BCUT2D eigenvalue weighted by molar-refractivity contribution is 8.01. The lowest BCUT2D eigenvalue weighted by Crippen LogP contribution is -2.82. The largest absolute Gasteiger partial charge is 0.484 e. The number of rotatable bonds is 6. The number of aliphatic carboxylic acids is 1. The molecule has 2 aliphatic rings. The molecular formula is C18H20N2O6S. The number of carboxylic acids is 1. The van der Waals surface area contributed by atoms with Gasteiger partial charge >= 0.3 is 5.97 Å². The van der Waals surface area contributed by atoms with E-state index < -0.39 is 45.3 Å². The Hall–Kier alpha value is -2.55. The van der Waals surface area contributed by atoms with Crippen molar-refractivity contribution in [3.05, 3.63) is 30.3 Å². The first-order valence-electron chi connectivity index (χ1n) is 8.34. The molecule has 0 saturated carbocycles. The fourth-order valence-electron chi connectivity index (χ4n) is 3.51. The summed E-state index contributed by atoms with van der Waals surface area (Å²) in [7, 11) is 0. The SMILES string of the molecule is CC(=O)C1(NC(=O)COc2ccccc2)C(=O)N2[C@@H](C(=O)O)C(C)(C)S[C@@H]21. The standard InChI is InChI=1S/C18H20N2O6S/c1-10(21)18(19-12(22)9-26-11-7-5-4-6-8-11)15(25)20-13(14(23)24)17(2,3)27-16(18)20/h4-8,13,16H,9H2,1-3H3,(H,19,22)(H,23,24)/t13-,16+,18?/m0/s1. The number of para-hydroxylation sites is 1. The minimum absolute atomic E-state index is 0.366. The van der Waals surface area contributed by atoms with Crippen LogP contribution in [-0.2, 0) is 19.2 Å². The summed E-state index contributed by atoms with van der Waals surface area (Å²) in [5.74, 6) is -2.51. The van der Waals surface area contributed by atoms with Gasteiger partial charge in [0.05, 0.1) is 0 Å². The number of thioether (sulfide) groups is 1. The minimum Gasteiger partial charge on any atom is -0.484 e. The third-order valence-corrected chi connectivity index (χ3v) is 6.42. The molecule has 27 heavy (non-hydrogen) atoms. The number of nitrogens with one attached hydrogen (secondary N) is 1. The third-order valence-electron chi connectivity index (χ3n) is 4.79. The number of carbonyl (C=O) groups excluding carboxylic acids is 3. The number of nitrogens with zero attached hydrogens (tertiary/aromatic N) is 1. The number of hydrogen-bond acceptors (Lipinski definition) is 6. The van der Waals surface area contributed by atoms with Gasteiger partial charge in [-0.3, -0.25) is 14.4 Å². The number of Topliss-reactive ketones (excluding diaryl/α,β-unsaturated/α-hetero) is 1. The number of carboxylic acid groups (broad SMARTS) is 1. The fourth-order valence-corrected chi connectivity index (χ4v) is 5.26. The van der Waals surface area contributed by atoms with Crippen molar-refractivity contribution in [2.75, 3.05) is 6.61 Å². The van der Waals surface area contributed by atoms with E-state index in [1.807, 2.05) is 0 Å². The van der Waals surface area contributed by atoms with Crippen LogP contribution in [-0.4, -0.2) is 61.9 Å². The van der Waals surface area contributed by atoms with Crippen LogP contribution in [0.4, 0.5) is 0 Å². The van der Waals surface area contributed by atoms with Gasteiger partial charge < -0.3 is 20.1 Å². The van der Waals surface area contributed by atoms with Gasteiger partial charge in [0.15, 0.2) is 12.4 Å². The molecule has 2 heterocycles. The van der Waals surface area contributed by atoms with E-state index in [4.69, 9.17) is 4.74 Å². The smallest absolute Gasteiger partial charge is 0.327 e. The number of amides is 2. The zero-order valence-electron chi connectivity index (χ0n) is 15.1. The Balaban J connectivity index is 1.78. The summed E-state index contributed by atoms with van der Waals surface area (Å²) in [6.45, 7) is 4.26. The molecule has 1 aromatic rings. The second-order valence-electron chi connectivity index (χ2n) is 7.04. The Labute approximate surface area is 160 Å². The molecule has 0 radical (unpaired) electrons. The molecule has 2 aliphatic heterocycles. The van der Waals surface area contributed by atoms with Crippen LogP contribution >= 0.6 is 11.8 Å². The van der Waals surface area contributed by atoms with Crippen molar-refractivity contribution in [3.63, 3.8) is 0 Å². The van der Waals surface area contributed by atoms with Crippen molar-refractivity contribution in [1.29, 1.82) is 0 Å². The molecule has 8 nitrogen and oxygen atoms in total. The predicted octanol–water partition coefficient (Wildman–Crippen LogP) is 0.656. The summed E-state index contributed by atoms with van der Waals surface area (Å²) in [5, 5.41) is 11.2. The molecule has 0 aliphatic carbocycles. The Bertz CT molecular complexity index is 811. The molecule has 0 aromatic heterocycles. The Morgan fingerprint density at radius 1 is 1.26 bits per heavy atom.